The first kappa shape index (κ1) is 14.7. The van der Waals surface area contributed by atoms with Crippen LogP contribution in [0.1, 0.15) is 32.3 Å². The van der Waals surface area contributed by atoms with E-state index in [1.165, 1.54) is 0 Å². The van der Waals surface area contributed by atoms with Crippen molar-refractivity contribution in [2.75, 3.05) is 44.4 Å². The van der Waals surface area contributed by atoms with Gasteiger partial charge in [0.15, 0.2) is 0 Å². The molecule has 0 spiro atoms. The number of nitrogens with one attached hydrogen (secondary N) is 2. The molecule has 1 aromatic rings. The SMILES string of the molecule is CCN(C)CCNc1ncnc(NC)c1C(C)C. The quantitative estimate of drug-likeness (QED) is 0.776. The fourth-order valence-corrected chi connectivity index (χ4v) is 1.81. The van der Waals surface area contributed by atoms with Gasteiger partial charge in [0.2, 0.25) is 0 Å². The summed E-state index contributed by atoms with van der Waals surface area (Å²) in [6.45, 7) is 9.43. The summed E-state index contributed by atoms with van der Waals surface area (Å²) in [6.07, 6.45) is 1.60. The van der Waals surface area contributed by atoms with Crippen LogP contribution in [-0.4, -0.2) is 48.6 Å². The molecular weight excluding hydrogens is 226 g/mol. The largest absolute Gasteiger partial charge is 0.373 e. The summed E-state index contributed by atoms with van der Waals surface area (Å²) in [5.74, 6) is 2.24. The van der Waals surface area contributed by atoms with Crippen LogP contribution in [0, 0.1) is 0 Å². The molecule has 1 rings (SSSR count). The molecule has 2 N–H and O–H groups in total. The highest BCUT2D eigenvalue weighted by molar-refractivity contribution is 5.58. The molecule has 0 saturated carbocycles. The lowest BCUT2D eigenvalue weighted by atomic mass is 10.0. The molecule has 5 nitrogen and oxygen atoms in total. The molecule has 0 amide bonds. The minimum absolute atomic E-state index is 0.389. The van der Waals surface area contributed by atoms with Gasteiger partial charge < -0.3 is 15.5 Å². The number of hydrogen-bond acceptors (Lipinski definition) is 5. The molecule has 0 fully saturated rings. The molecule has 102 valence electrons. The Morgan fingerprint density at radius 3 is 2.50 bits per heavy atom. The minimum Gasteiger partial charge on any atom is -0.373 e. The van der Waals surface area contributed by atoms with E-state index in [2.05, 4.69) is 53.3 Å². The Kier molecular flexibility index (Phi) is 5.85. The van der Waals surface area contributed by atoms with Crippen molar-refractivity contribution in [1.29, 1.82) is 0 Å². The third-order valence-corrected chi connectivity index (χ3v) is 3.02. The molecule has 0 aliphatic carbocycles. The van der Waals surface area contributed by atoms with E-state index >= 15 is 0 Å². The number of nitrogens with zero attached hydrogens (tertiary/aromatic N) is 3. The fourth-order valence-electron chi connectivity index (χ4n) is 1.81. The predicted octanol–water partition coefficient (Wildman–Crippen LogP) is 2.01. The van der Waals surface area contributed by atoms with Crippen LogP contribution >= 0.6 is 0 Å². The Labute approximate surface area is 110 Å². The Morgan fingerprint density at radius 1 is 1.28 bits per heavy atom. The molecule has 0 aliphatic rings. The van der Waals surface area contributed by atoms with Gasteiger partial charge in [0.05, 0.1) is 0 Å². The van der Waals surface area contributed by atoms with Crippen molar-refractivity contribution in [3.05, 3.63) is 11.9 Å². The average Bonchev–Trinajstić information content (AvgIpc) is 2.37. The van der Waals surface area contributed by atoms with Crippen molar-refractivity contribution < 1.29 is 0 Å². The molecule has 0 atom stereocenters. The summed E-state index contributed by atoms with van der Waals surface area (Å²) in [5, 5.41) is 6.53. The van der Waals surface area contributed by atoms with Gasteiger partial charge in [-0.3, -0.25) is 0 Å². The van der Waals surface area contributed by atoms with Crippen LogP contribution in [0.5, 0.6) is 0 Å². The van der Waals surface area contributed by atoms with Crippen LogP contribution in [0.2, 0.25) is 0 Å². The third-order valence-electron chi connectivity index (χ3n) is 3.02. The highest BCUT2D eigenvalue weighted by atomic mass is 15.1. The summed E-state index contributed by atoms with van der Waals surface area (Å²) in [7, 11) is 4.01. The van der Waals surface area contributed by atoms with Crippen molar-refractivity contribution in [2.24, 2.45) is 0 Å². The monoisotopic (exact) mass is 251 g/mol. The molecule has 5 heteroatoms. The van der Waals surface area contributed by atoms with E-state index in [9.17, 15) is 0 Å². The van der Waals surface area contributed by atoms with Gasteiger partial charge in [0.1, 0.15) is 18.0 Å². The summed E-state index contributed by atoms with van der Waals surface area (Å²) >= 11 is 0. The van der Waals surface area contributed by atoms with Gasteiger partial charge in [-0.15, -0.1) is 0 Å². The second kappa shape index (κ2) is 7.16. The topological polar surface area (TPSA) is 53.1 Å². The van der Waals surface area contributed by atoms with Gasteiger partial charge in [0, 0.05) is 25.7 Å². The first-order valence-electron chi connectivity index (χ1n) is 6.55. The molecule has 0 aromatic carbocycles. The van der Waals surface area contributed by atoms with E-state index in [4.69, 9.17) is 0 Å². The summed E-state index contributed by atoms with van der Waals surface area (Å²) < 4.78 is 0. The number of rotatable bonds is 7. The lowest BCUT2D eigenvalue weighted by Crippen LogP contribution is -2.25. The number of likely N-dealkylation sites (N-methyl/N-ethyl adjacent to an activating group) is 1. The fraction of sp³-hybridized carbons (Fsp3) is 0.692. The van der Waals surface area contributed by atoms with E-state index in [-0.39, 0.29) is 0 Å². The smallest absolute Gasteiger partial charge is 0.135 e. The summed E-state index contributed by atoms with van der Waals surface area (Å²) in [4.78, 5) is 10.9. The van der Waals surface area contributed by atoms with Crippen LogP contribution in [0.3, 0.4) is 0 Å². The zero-order valence-electron chi connectivity index (χ0n) is 12.1. The van der Waals surface area contributed by atoms with Gasteiger partial charge in [-0.2, -0.15) is 0 Å². The van der Waals surface area contributed by atoms with Crippen molar-refractivity contribution in [3.8, 4) is 0 Å². The highest BCUT2D eigenvalue weighted by Gasteiger charge is 2.13. The van der Waals surface area contributed by atoms with Gasteiger partial charge in [0.25, 0.3) is 0 Å². The molecular formula is C13H25N5. The predicted molar refractivity (Wildman–Crippen MR) is 77.3 cm³/mol. The van der Waals surface area contributed by atoms with Crippen molar-refractivity contribution in [3.63, 3.8) is 0 Å². The highest BCUT2D eigenvalue weighted by Crippen LogP contribution is 2.27. The molecule has 0 aliphatic heterocycles. The standard InChI is InChI=1S/C13H25N5/c1-6-18(5)8-7-15-13-11(10(2)3)12(14-4)16-9-17-13/h9-10H,6-8H2,1-5H3,(H2,14,15,16,17). The van der Waals surface area contributed by atoms with Crippen LogP contribution in [-0.2, 0) is 0 Å². The zero-order valence-corrected chi connectivity index (χ0v) is 12.1. The number of anilines is 2. The lowest BCUT2D eigenvalue weighted by molar-refractivity contribution is 0.367. The van der Waals surface area contributed by atoms with E-state index in [1.807, 2.05) is 7.05 Å². The molecule has 1 heterocycles. The van der Waals surface area contributed by atoms with E-state index in [1.54, 1.807) is 6.33 Å². The second-order valence-corrected chi connectivity index (χ2v) is 4.71. The van der Waals surface area contributed by atoms with Gasteiger partial charge >= 0.3 is 0 Å². The third kappa shape index (κ3) is 3.84. The molecule has 0 bridgehead atoms. The Morgan fingerprint density at radius 2 is 1.94 bits per heavy atom. The maximum Gasteiger partial charge on any atom is 0.135 e. The second-order valence-electron chi connectivity index (χ2n) is 4.71. The molecule has 18 heavy (non-hydrogen) atoms. The molecule has 0 radical (unpaired) electrons. The Bertz CT molecular complexity index is 364. The number of hydrogen-bond donors (Lipinski definition) is 2. The van der Waals surface area contributed by atoms with Gasteiger partial charge in [-0.1, -0.05) is 20.8 Å². The first-order valence-corrected chi connectivity index (χ1v) is 6.55. The lowest BCUT2D eigenvalue weighted by Gasteiger charge is -2.18. The van der Waals surface area contributed by atoms with E-state index in [0.717, 1.165) is 36.8 Å². The maximum absolute atomic E-state index is 4.35. The molecule has 0 unspecified atom stereocenters. The Balaban J connectivity index is 2.75. The van der Waals surface area contributed by atoms with Crippen molar-refractivity contribution in [2.45, 2.75) is 26.7 Å². The molecule has 0 saturated heterocycles. The number of aromatic nitrogens is 2. The summed E-state index contributed by atoms with van der Waals surface area (Å²) in [6, 6.07) is 0. The van der Waals surface area contributed by atoms with E-state index < -0.39 is 0 Å². The van der Waals surface area contributed by atoms with Gasteiger partial charge in [-0.05, 0) is 19.5 Å². The van der Waals surface area contributed by atoms with Crippen LogP contribution in [0.25, 0.3) is 0 Å². The first-order chi connectivity index (χ1) is 8.60. The summed E-state index contributed by atoms with van der Waals surface area (Å²) in [5.41, 5.74) is 1.15. The van der Waals surface area contributed by atoms with E-state index in [0.29, 0.717) is 5.92 Å². The normalized spacial score (nSPS) is 11.1. The van der Waals surface area contributed by atoms with Gasteiger partial charge in [-0.25, -0.2) is 9.97 Å². The Hall–Kier alpha value is -1.36. The zero-order chi connectivity index (χ0) is 13.5. The minimum atomic E-state index is 0.389. The molecule has 1 aromatic heterocycles. The average molecular weight is 251 g/mol. The van der Waals surface area contributed by atoms with Crippen molar-refractivity contribution in [1.82, 2.24) is 14.9 Å². The van der Waals surface area contributed by atoms with Crippen LogP contribution in [0.15, 0.2) is 6.33 Å². The maximum atomic E-state index is 4.35. The van der Waals surface area contributed by atoms with Crippen LogP contribution in [0.4, 0.5) is 11.6 Å². The van der Waals surface area contributed by atoms with Crippen molar-refractivity contribution >= 4 is 11.6 Å². The van der Waals surface area contributed by atoms with Crippen LogP contribution < -0.4 is 10.6 Å².